The van der Waals surface area contributed by atoms with Crippen LogP contribution in [0.5, 0.6) is 0 Å². The van der Waals surface area contributed by atoms with E-state index in [1.165, 1.54) is 5.69 Å². The Bertz CT molecular complexity index is 610. The Kier molecular flexibility index (Phi) is 5.53. The molecule has 23 heavy (non-hydrogen) atoms. The highest BCUT2D eigenvalue weighted by Gasteiger charge is 2.37. The van der Waals surface area contributed by atoms with Crippen molar-refractivity contribution >= 4 is 10.0 Å². The number of nitrogens with one attached hydrogen (secondary N) is 1. The maximum absolute atomic E-state index is 12.5. The summed E-state index contributed by atoms with van der Waals surface area (Å²) in [5.74, 6) is 0. The Morgan fingerprint density at radius 1 is 1.35 bits per heavy atom. The first-order valence-electron chi connectivity index (χ1n) is 8.44. The molecule has 0 amide bonds. The summed E-state index contributed by atoms with van der Waals surface area (Å²) in [7, 11) is -3.21. The molecule has 2 heterocycles. The lowest BCUT2D eigenvalue weighted by atomic mass is 10.0. The van der Waals surface area contributed by atoms with E-state index in [2.05, 4.69) is 24.3 Å². The van der Waals surface area contributed by atoms with Crippen LogP contribution in [-0.2, 0) is 16.6 Å². The van der Waals surface area contributed by atoms with Gasteiger partial charge < -0.3 is 5.32 Å². The average Bonchev–Trinajstić information content (AvgIpc) is 2.95. The SMILES string of the molecule is CCn1nccc1C(C)NC1CCN(S(=O)(=O)C(C)(C)C)CC1. The molecule has 1 fully saturated rings. The minimum atomic E-state index is -3.21. The van der Waals surface area contributed by atoms with Crippen molar-refractivity contribution in [2.24, 2.45) is 0 Å². The quantitative estimate of drug-likeness (QED) is 0.890. The van der Waals surface area contributed by atoms with Gasteiger partial charge in [-0.25, -0.2) is 12.7 Å². The van der Waals surface area contributed by atoms with Gasteiger partial charge in [-0.2, -0.15) is 5.10 Å². The number of hydrogen-bond donors (Lipinski definition) is 1. The van der Waals surface area contributed by atoms with Crippen molar-refractivity contribution in [1.29, 1.82) is 0 Å². The van der Waals surface area contributed by atoms with E-state index in [1.807, 2.05) is 16.9 Å². The van der Waals surface area contributed by atoms with E-state index in [4.69, 9.17) is 0 Å². The third-order valence-electron chi connectivity index (χ3n) is 4.55. The van der Waals surface area contributed by atoms with E-state index in [9.17, 15) is 8.42 Å². The maximum atomic E-state index is 12.5. The second kappa shape index (κ2) is 6.91. The Balaban J connectivity index is 1.93. The number of aromatic nitrogens is 2. The number of sulfonamides is 1. The summed E-state index contributed by atoms with van der Waals surface area (Å²) in [6, 6.07) is 2.60. The number of nitrogens with zero attached hydrogens (tertiary/aromatic N) is 3. The van der Waals surface area contributed by atoms with Gasteiger partial charge in [0.1, 0.15) is 0 Å². The van der Waals surface area contributed by atoms with Gasteiger partial charge in [-0.15, -0.1) is 0 Å². The standard InChI is InChI=1S/C16H30N4O2S/c1-6-20-15(7-10-17-20)13(2)18-14-8-11-19(12-9-14)23(21,22)16(3,4)5/h7,10,13-14,18H,6,8-9,11-12H2,1-5H3. The zero-order valence-electron chi connectivity index (χ0n) is 14.9. The lowest BCUT2D eigenvalue weighted by molar-refractivity contribution is 0.270. The van der Waals surface area contributed by atoms with Gasteiger partial charge in [0.25, 0.3) is 0 Å². The lowest BCUT2D eigenvalue weighted by Crippen LogP contribution is -2.50. The first-order valence-corrected chi connectivity index (χ1v) is 9.88. The zero-order chi connectivity index (χ0) is 17.3. The molecule has 0 radical (unpaired) electrons. The highest BCUT2D eigenvalue weighted by molar-refractivity contribution is 7.90. The summed E-state index contributed by atoms with van der Waals surface area (Å²) in [6.45, 7) is 11.6. The Morgan fingerprint density at radius 2 is 1.96 bits per heavy atom. The first kappa shape index (κ1) is 18.4. The van der Waals surface area contributed by atoms with Gasteiger partial charge >= 0.3 is 0 Å². The predicted octanol–water partition coefficient (Wildman–Crippen LogP) is 2.15. The molecule has 1 unspecified atom stereocenters. The van der Waals surface area contributed by atoms with Crippen LogP contribution in [0.3, 0.4) is 0 Å². The maximum Gasteiger partial charge on any atom is 0.219 e. The third kappa shape index (κ3) is 3.95. The summed E-state index contributed by atoms with van der Waals surface area (Å²) in [5.41, 5.74) is 1.18. The van der Waals surface area contributed by atoms with Gasteiger partial charge in [0, 0.05) is 37.9 Å². The van der Waals surface area contributed by atoms with E-state index >= 15 is 0 Å². The summed E-state index contributed by atoms with van der Waals surface area (Å²) in [6.07, 6.45) is 3.52. The van der Waals surface area contributed by atoms with E-state index in [-0.39, 0.29) is 6.04 Å². The molecule has 1 aromatic heterocycles. The molecule has 132 valence electrons. The average molecular weight is 343 g/mol. The fourth-order valence-corrected chi connectivity index (χ4v) is 4.53. The highest BCUT2D eigenvalue weighted by Crippen LogP contribution is 2.25. The van der Waals surface area contributed by atoms with Crippen molar-refractivity contribution in [3.05, 3.63) is 18.0 Å². The van der Waals surface area contributed by atoms with Crippen LogP contribution in [0, 0.1) is 0 Å². The van der Waals surface area contributed by atoms with Gasteiger partial charge in [-0.1, -0.05) is 0 Å². The van der Waals surface area contributed by atoms with Crippen molar-refractivity contribution < 1.29 is 8.42 Å². The van der Waals surface area contributed by atoms with Gasteiger partial charge in [0.2, 0.25) is 10.0 Å². The number of aryl methyl sites for hydroxylation is 1. The smallest absolute Gasteiger partial charge is 0.219 e. The zero-order valence-corrected chi connectivity index (χ0v) is 15.7. The van der Waals surface area contributed by atoms with Crippen LogP contribution >= 0.6 is 0 Å². The van der Waals surface area contributed by atoms with Crippen molar-refractivity contribution in [1.82, 2.24) is 19.4 Å². The normalized spacial score (nSPS) is 19.9. The van der Waals surface area contributed by atoms with E-state index in [0.29, 0.717) is 19.1 Å². The van der Waals surface area contributed by atoms with Crippen LogP contribution in [0.2, 0.25) is 0 Å². The highest BCUT2D eigenvalue weighted by atomic mass is 32.2. The second-order valence-corrected chi connectivity index (χ2v) is 9.94. The van der Waals surface area contributed by atoms with E-state index in [1.54, 1.807) is 25.1 Å². The molecule has 1 N–H and O–H groups in total. The van der Waals surface area contributed by atoms with Gasteiger partial charge in [0.15, 0.2) is 0 Å². The molecule has 0 aromatic carbocycles. The van der Waals surface area contributed by atoms with Crippen LogP contribution in [0.4, 0.5) is 0 Å². The van der Waals surface area contributed by atoms with Crippen molar-refractivity contribution in [3.8, 4) is 0 Å². The first-order chi connectivity index (χ1) is 10.7. The van der Waals surface area contributed by atoms with Gasteiger partial charge in [-0.3, -0.25) is 4.68 Å². The molecule has 2 rings (SSSR count). The Hall–Kier alpha value is -0.920. The van der Waals surface area contributed by atoms with E-state index < -0.39 is 14.8 Å². The fraction of sp³-hybridized carbons (Fsp3) is 0.812. The summed E-state index contributed by atoms with van der Waals surface area (Å²) in [5, 5.41) is 7.93. The molecule has 7 heteroatoms. The monoisotopic (exact) mass is 342 g/mol. The molecule has 6 nitrogen and oxygen atoms in total. The van der Waals surface area contributed by atoms with Crippen LogP contribution in [0.25, 0.3) is 0 Å². The van der Waals surface area contributed by atoms with Crippen LogP contribution < -0.4 is 5.32 Å². The molecule has 1 aromatic rings. The topological polar surface area (TPSA) is 67.2 Å². The molecular weight excluding hydrogens is 312 g/mol. The predicted molar refractivity (Wildman–Crippen MR) is 92.7 cm³/mol. The van der Waals surface area contributed by atoms with Crippen LogP contribution in [0.1, 0.15) is 59.2 Å². The minimum absolute atomic E-state index is 0.216. The summed E-state index contributed by atoms with van der Waals surface area (Å²) in [4.78, 5) is 0. The van der Waals surface area contributed by atoms with Gasteiger partial charge in [-0.05, 0) is 53.5 Å². The molecule has 0 spiro atoms. The Morgan fingerprint density at radius 3 is 2.48 bits per heavy atom. The molecule has 0 aliphatic carbocycles. The molecular formula is C16H30N4O2S. The fourth-order valence-electron chi connectivity index (χ4n) is 3.06. The molecule has 1 aliphatic heterocycles. The van der Waals surface area contributed by atoms with Crippen molar-refractivity contribution in [2.45, 2.75) is 70.8 Å². The van der Waals surface area contributed by atoms with Crippen molar-refractivity contribution in [2.75, 3.05) is 13.1 Å². The van der Waals surface area contributed by atoms with Crippen LogP contribution in [-0.4, -0.2) is 46.4 Å². The number of rotatable bonds is 5. The lowest BCUT2D eigenvalue weighted by Gasteiger charge is -2.36. The largest absolute Gasteiger partial charge is 0.306 e. The molecule has 1 atom stereocenters. The minimum Gasteiger partial charge on any atom is -0.306 e. The van der Waals surface area contributed by atoms with Crippen LogP contribution in [0.15, 0.2) is 12.3 Å². The summed E-state index contributed by atoms with van der Waals surface area (Å²) >= 11 is 0. The molecule has 1 saturated heterocycles. The third-order valence-corrected chi connectivity index (χ3v) is 7.14. The molecule has 1 aliphatic rings. The molecule has 0 bridgehead atoms. The van der Waals surface area contributed by atoms with Gasteiger partial charge in [0.05, 0.1) is 10.4 Å². The number of hydrogen-bond acceptors (Lipinski definition) is 4. The molecule has 0 saturated carbocycles. The summed E-state index contributed by atoms with van der Waals surface area (Å²) < 4.78 is 27.9. The Labute approximate surface area is 140 Å². The van der Waals surface area contributed by atoms with Crippen molar-refractivity contribution in [3.63, 3.8) is 0 Å². The van der Waals surface area contributed by atoms with E-state index in [0.717, 1.165) is 19.4 Å². The number of piperidine rings is 1. The second-order valence-electron chi connectivity index (χ2n) is 7.25.